The van der Waals surface area contributed by atoms with Gasteiger partial charge < -0.3 is 10.1 Å². The van der Waals surface area contributed by atoms with Crippen LogP contribution in [0, 0.1) is 0 Å². The lowest BCUT2D eigenvalue weighted by atomic mass is 9.73. The molecular weight excluding hydrogens is 415 g/mol. The third-order valence-corrected chi connectivity index (χ3v) is 5.80. The molecule has 0 aliphatic rings. The van der Waals surface area contributed by atoms with Gasteiger partial charge >= 0.3 is 6.18 Å². The number of H-pyrrole nitrogens is 1. The molecule has 0 aliphatic carbocycles. The fourth-order valence-electron chi connectivity index (χ4n) is 4.13. The Morgan fingerprint density at radius 1 is 0.875 bits per heavy atom. The molecule has 0 fully saturated rings. The number of fused-ring (bicyclic) bond motifs is 1. The van der Waals surface area contributed by atoms with Gasteiger partial charge in [-0.05, 0) is 29.5 Å². The minimum Gasteiger partial charge on any atom is -0.380 e. The first kappa shape index (κ1) is 22.0. The van der Waals surface area contributed by atoms with Crippen LogP contribution in [0.25, 0.3) is 22.3 Å². The van der Waals surface area contributed by atoms with Gasteiger partial charge in [-0.1, -0.05) is 74.5 Å². The third-order valence-electron chi connectivity index (χ3n) is 5.80. The topological polar surface area (TPSA) is 61.8 Å². The monoisotopic (exact) mass is 439 g/mol. The Bertz CT molecular complexity index is 1200. The van der Waals surface area contributed by atoms with E-state index in [4.69, 9.17) is 0 Å². The average Bonchev–Trinajstić information content (AvgIpc) is 3.15. The molecule has 0 saturated heterocycles. The number of aromatic nitrogens is 3. The summed E-state index contributed by atoms with van der Waals surface area (Å²) in [7, 11) is 0. The lowest BCUT2D eigenvalue weighted by molar-refractivity contribution is -0.266. The van der Waals surface area contributed by atoms with Crippen LogP contribution in [0.1, 0.15) is 31.5 Å². The van der Waals surface area contributed by atoms with E-state index in [1.165, 1.54) is 0 Å². The number of halogens is 3. The predicted octanol–water partition coefficient (Wildman–Crippen LogP) is 5.83. The highest BCUT2D eigenvalue weighted by molar-refractivity contribution is 5.80. The number of benzene rings is 2. The molecule has 4 rings (SSSR count). The summed E-state index contributed by atoms with van der Waals surface area (Å²) in [6, 6.07) is 21.7. The first-order valence-electron chi connectivity index (χ1n) is 10.3. The number of hydrogen-bond donors (Lipinski definition) is 2. The normalized spacial score (nSPS) is 14.4. The molecule has 2 aromatic carbocycles. The summed E-state index contributed by atoms with van der Waals surface area (Å²) in [6.07, 6.45) is -5.90. The van der Waals surface area contributed by atoms with Gasteiger partial charge in [-0.3, -0.25) is 0 Å². The maximum Gasteiger partial charge on any atom is 0.417 e. The SMILES string of the molecule is CC(C)(CC(O)(Cc1cc2cc(-c3ccccc3)nnc2[nH]1)C(F)(F)F)c1ccccc1. The Hall–Kier alpha value is -3.19. The van der Waals surface area contributed by atoms with Crippen molar-refractivity contribution < 1.29 is 18.3 Å². The molecule has 2 heterocycles. The second-order valence-corrected chi connectivity index (χ2v) is 8.83. The zero-order valence-corrected chi connectivity index (χ0v) is 17.8. The predicted molar refractivity (Wildman–Crippen MR) is 118 cm³/mol. The largest absolute Gasteiger partial charge is 0.417 e. The van der Waals surface area contributed by atoms with Crippen molar-refractivity contribution in [1.29, 1.82) is 0 Å². The Morgan fingerprint density at radius 3 is 2.12 bits per heavy atom. The molecule has 0 saturated carbocycles. The van der Waals surface area contributed by atoms with Crippen LogP contribution < -0.4 is 0 Å². The maximum absolute atomic E-state index is 14.1. The van der Waals surface area contributed by atoms with Crippen molar-refractivity contribution in [2.75, 3.05) is 0 Å². The molecule has 4 aromatic rings. The van der Waals surface area contributed by atoms with Crippen molar-refractivity contribution >= 4 is 11.0 Å². The highest BCUT2D eigenvalue weighted by Crippen LogP contribution is 2.43. The summed E-state index contributed by atoms with van der Waals surface area (Å²) in [5.74, 6) is 0. The van der Waals surface area contributed by atoms with Crippen LogP contribution in [0.2, 0.25) is 0 Å². The summed E-state index contributed by atoms with van der Waals surface area (Å²) in [5.41, 5.74) is -0.950. The Balaban J connectivity index is 1.65. The lowest BCUT2D eigenvalue weighted by Gasteiger charge is -2.37. The van der Waals surface area contributed by atoms with E-state index in [-0.39, 0.29) is 5.69 Å². The van der Waals surface area contributed by atoms with Crippen molar-refractivity contribution in [3.63, 3.8) is 0 Å². The van der Waals surface area contributed by atoms with Gasteiger partial charge in [-0.2, -0.15) is 13.2 Å². The summed E-state index contributed by atoms with van der Waals surface area (Å²) in [4.78, 5) is 2.89. The molecule has 2 N–H and O–H groups in total. The van der Waals surface area contributed by atoms with Crippen molar-refractivity contribution in [3.8, 4) is 11.3 Å². The van der Waals surface area contributed by atoms with E-state index in [9.17, 15) is 18.3 Å². The minimum atomic E-state index is -4.81. The number of aromatic amines is 1. The van der Waals surface area contributed by atoms with E-state index in [0.29, 0.717) is 16.7 Å². The van der Waals surface area contributed by atoms with Crippen LogP contribution in [-0.4, -0.2) is 32.1 Å². The van der Waals surface area contributed by atoms with Crippen molar-refractivity contribution in [3.05, 3.63) is 84.1 Å². The highest BCUT2D eigenvalue weighted by Gasteiger charge is 2.56. The molecule has 166 valence electrons. The smallest absolute Gasteiger partial charge is 0.380 e. The molecule has 32 heavy (non-hydrogen) atoms. The number of alkyl halides is 3. The lowest BCUT2D eigenvalue weighted by Crippen LogP contribution is -2.50. The summed E-state index contributed by atoms with van der Waals surface area (Å²) in [5, 5.41) is 19.8. The second-order valence-electron chi connectivity index (χ2n) is 8.83. The van der Waals surface area contributed by atoms with E-state index >= 15 is 0 Å². The standard InChI is InChI=1S/C25H24F3N3O/c1-23(2,19-11-7-4-8-12-19)16-24(32,25(26,27)28)15-20-13-18-14-21(30-31-22(18)29-20)17-9-5-3-6-10-17/h3-14,32H,15-16H2,1-2H3,(H,29,31). The van der Waals surface area contributed by atoms with E-state index in [2.05, 4.69) is 15.2 Å². The van der Waals surface area contributed by atoms with E-state index in [0.717, 1.165) is 11.1 Å². The summed E-state index contributed by atoms with van der Waals surface area (Å²) in [6.45, 7) is 3.42. The zero-order chi connectivity index (χ0) is 23.0. The van der Waals surface area contributed by atoms with Gasteiger partial charge in [0.05, 0.1) is 5.69 Å². The van der Waals surface area contributed by atoms with Crippen LogP contribution in [0.3, 0.4) is 0 Å². The fraction of sp³-hybridized carbons (Fsp3) is 0.280. The van der Waals surface area contributed by atoms with Gasteiger partial charge in [-0.15, -0.1) is 10.2 Å². The average molecular weight is 439 g/mol. The highest BCUT2D eigenvalue weighted by atomic mass is 19.4. The number of nitrogens with zero attached hydrogens (tertiary/aromatic N) is 2. The number of rotatable bonds is 6. The summed E-state index contributed by atoms with van der Waals surface area (Å²) < 4.78 is 42.3. The van der Waals surface area contributed by atoms with Crippen molar-refractivity contribution in [2.45, 2.75) is 43.9 Å². The molecule has 0 bridgehead atoms. The molecule has 0 spiro atoms. The van der Waals surface area contributed by atoms with Gasteiger partial charge in [0.25, 0.3) is 0 Å². The molecule has 0 aliphatic heterocycles. The van der Waals surface area contributed by atoms with E-state index < -0.39 is 30.0 Å². The minimum absolute atomic E-state index is 0.253. The first-order valence-corrected chi connectivity index (χ1v) is 10.3. The fourth-order valence-corrected chi connectivity index (χ4v) is 4.13. The first-order chi connectivity index (χ1) is 15.1. The molecule has 4 nitrogen and oxygen atoms in total. The van der Waals surface area contributed by atoms with Crippen LogP contribution in [0.15, 0.2) is 72.8 Å². The molecule has 0 amide bonds. The van der Waals surface area contributed by atoms with Crippen LogP contribution in [0.4, 0.5) is 13.2 Å². The van der Waals surface area contributed by atoms with Gasteiger partial charge in [0.2, 0.25) is 0 Å². The van der Waals surface area contributed by atoms with Crippen LogP contribution in [-0.2, 0) is 11.8 Å². The molecular formula is C25H24F3N3O. The molecule has 0 radical (unpaired) electrons. The molecule has 7 heteroatoms. The van der Waals surface area contributed by atoms with Gasteiger partial charge in [-0.25, -0.2) is 0 Å². The maximum atomic E-state index is 14.1. The van der Waals surface area contributed by atoms with Gasteiger partial charge in [0, 0.05) is 23.1 Å². The van der Waals surface area contributed by atoms with Gasteiger partial charge in [0.1, 0.15) is 0 Å². The van der Waals surface area contributed by atoms with Crippen molar-refractivity contribution in [1.82, 2.24) is 15.2 Å². The number of aliphatic hydroxyl groups is 1. The Morgan fingerprint density at radius 2 is 1.50 bits per heavy atom. The molecule has 1 unspecified atom stereocenters. The third kappa shape index (κ3) is 4.39. The van der Waals surface area contributed by atoms with Crippen molar-refractivity contribution in [2.24, 2.45) is 0 Å². The molecule has 1 atom stereocenters. The molecule has 2 aromatic heterocycles. The second kappa shape index (κ2) is 8.06. The quantitative estimate of drug-likeness (QED) is 0.397. The van der Waals surface area contributed by atoms with E-state index in [1.54, 1.807) is 50.2 Å². The van der Waals surface area contributed by atoms with Crippen LogP contribution >= 0.6 is 0 Å². The Labute approximate surface area is 184 Å². The summed E-state index contributed by atoms with van der Waals surface area (Å²) >= 11 is 0. The number of nitrogens with one attached hydrogen (secondary N) is 1. The van der Waals surface area contributed by atoms with E-state index in [1.807, 2.05) is 36.4 Å². The Kier molecular flexibility index (Phi) is 5.54. The zero-order valence-electron chi connectivity index (χ0n) is 17.8. The van der Waals surface area contributed by atoms with Crippen LogP contribution in [0.5, 0.6) is 0 Å². The van der Waals surface area contributed by atoms with Gasteiger partial charge in [0.15, 0.2) is 11.2 Å². The number of hydrogen-bond acceptors (Lipinski definition) is 3.